The van der Waals surface area contributed by atoms with Crippen LogP contribution in [0.3, 0.4) is 0 Å². The number of hydrogen-bond donors (Lipinski definition) is 4. The maximum Gasteiger partial charge on any atom is 0.277 e. The molecule has 2 aromatic heterocycles. The van der Waals surface area contributed by atoms with Crippen molar-refractivity contribution in [3.8, 4) is 0 Å². The van der Waals surface area contributed by atoms with Crippen LogP contribution in [0.2, 0.25) is 0 Å². The lowest BCUT2D eigenvalue weighted by Crippen LogP contribution is -2.35. The van der Waals surface area contributed by atoms with E-state index < -0.39 is 12.2 Å². The van der Waals surface area contributed by atoms with Gasteiger partial charge in [0.2, 0.25) is 5.91 Å². The van der Waals surface area contributed by atoms with Gasteiger partial charge in [-0.1, -0.05) is 38.8 Å². The van der Waals surface area contributed by atoms with E-state index in [1.165, 1.54) is 11.3 Å². The number of thiophene rings is 2. The number of aldehydes is 1. The number of amides is 2. The summed E-state index contributed by atoms with van der Waals surface area (Å²) in [5, 5.41) is 40.0. The minimum Gasteiger partial charge on any atom is -0.394 e. The molecule has 4 N–H and O–H groups in total. The number of fused-ring (bicyclic) bond motifs is 2. The van der Waals surface area contributed by atoms with E-state index in [-0.39, 0.29) is 25.0 Å². The summed E-state index contributed by atoms with van der Waals surface area (Å²) in [7, 11) is 3.46. The summed E-state index contributed by atoms with van der Waals surface area (Å²) in [4.78, 5) is 50.9. The smallest absolute Gasteiger partial charge is 0.277 e. The number of aliphatic hydroxyl groups excluding tert-OH is 4. The Morgan fingerprint density at radius 2 is 1.28 bits per heavy atom. The molecule has 0 spiro atoms. The van der Waals surface area contributed by atoms with Gasteiger partial charge in [0, 0.05) is 65.9 Å². The Morgan fingerprint density at radius 3 is 1.67 bits per heavy atom. The number of amidine groups is 2. The molecule has 13 nitrogen and oxygen atoms in total. The normalized spacial score (nSPS) is 15.6. The number of aliphatic imine (C=N–C) groups is 2. The van der Waals surface area contributed by atoms with Crippen LogP contribution >= 0.6 is 22.7 Å². The van der Waals surface area contributed by atoms with Crippen molar-refractivity contribution in [2.75, 3.05) is 69.8 Å². The van der Waals surface area contributed by atoms with E-state index in [4.69, 9.17) is 5.11 Å². The van der Waals surface area contributed by atoms with Crippen molar-refractivity contribution in [3.63, 3.8) is 0 Å². The second-order valence-corrected chi connectivity index (χ2v) is 16.2. The van der Waals surface area contributed by atoms with Crippen LogP contribution in [0.25, 0.3) is 26.2 Å². The van der Waals surface area contributed by atoms with Gasteiger partial charge in [-0.2, -0.15) is 0 Å². The average Bonchev–Trinajstić information content (AvgIpc) is 3.96. The minimum atomic E-state index is -0.761. The third-order valence-corrected chi connectivity index (χ3v) is 11.7. The van der Waals surface area contributed by atoms with Crippen molar-refractivity contribution in [3.05, 3.63) is 64.0 Å². The molecule has 57 heavy (non-hydrogen) atoms. The van der Waals surface area contributed by atoms with Gasteiger partial charge < -0.3 is 35.1 Å². The highest BCUT2D eigenvalue weighted by atomic mass is 32.1. The van der Waals surface area contributed by atoms with E-state index >= 15 is 0 Å². The Bertz CT molecular complexity index is 2080. The fourth-order valence-corrected chi connectivity index (χ4v) is 7.94. The number of hydrogen-bond acceptors (Lipinski definition) is 13. The van der Waals surface area contributed by atoms with Gasteiger partial charge in [-0.05, 0) is 79.9 Å². The lowest BCUT2D eigenvalue weighted by molar-refractivity contribution is -0.124. The average molecular weight is 821 g/mol. The molecule has 2 aliphatic heterocycles. The first-order chi connectivity index (χ1) is 27.3. The Hall–Kier alpha value is -4.51. The Morgan fingerprint density at radius 1 is 0.772 bits per heavy atom. The largest absolute Gasteiger partial charge is 0.394 e. The third kappa shape index (κ3) is 12.5. The highest BCUT2D eigenvalue weighted by molar-refractivity contribution is 7.20. The molecular weight excluding hydrogens is 765 g/mol. The lowest BCUT2D eigenvalue weighted by atomic mass is 10.2. The molecule has 308 valence electrons. The van der Waals surface area contributed by atoms with E-state index in [1.807, 2.05) is 50.3 Å². The number of carbonyl (C=O) groups is 3. The quantitative estimate of drug-likeness (QED) is 0.0826. The number of carbonyl (C=O) groups excluding carboxylic acids is 3. The molecule has 6 rings (SSSR count). The van der Waals surface area contributed by atoms with Crippen LogP contribution in [0.15, 0.2) is 64.2 Å². The van der Waals surface area contributed by atoms with Crippen molar-refractivity contribution in [1.29, 1.82) is 0 Å². The third-order valence-electron chi connectivity index (χ3n) is 9.61. The van der Waals surface area contributed by atoms with Gasteiger partial charge in [0.05, 0.1) is 30.3 Å². The molecule has 2 atom stereocenters. The van der Waals surface area contributed by atoms with Gasteiger partial charge in [-0.15, -0.1) is 22.7 Å². The van der Waals surface area contributed by atoms with Crippen LogP contribution in [-0.2, 0) is 9.59 Å². The van der Waals surface area contributed by atoms with Crippen LogP contribution < -0.4 is 9.80 Å². The molecule has 15 heteroatoms. The number of aliphatic hydroxyl groups is 4. The molecule has 0 saturated heterocycles. The zero-order valence-corrected chi connectivity index (χ0v) is 35.4. The lowest BCUT2D eigenvalue weighted by Gasteiger charge is -2.26. The first kappa shape index (κ1) is 45.2. The molecule has 0 radical (unpaired) electrons. The summed E-state index contributed by atoms with van der Waals surface area (Å²) in [6.07, 6.45) is 5.38. The van der Waals surface area contributed by atoms with Crippen molar-refractivity contribution in [2.24, 2.45) is 9.98 Å². The van der Waals surface area contributed by atoms with Gasteiger partial charge in [-0.3, -0.25) is 24.3 Å². The van der Waals surface area contributed by atoms with E-state index in [2.05, 4.69) is 51.8 Å². The fourth-order valence-electron chi connectivity index (χ4n) is 6.00. The topological polar surface area (TPSA) is 170 Å². The Labute approximate surface area is 342 Å². The number of likely N-dealkylation sites (N-methyl/N-ethyl adjacent to an activating group) is 2. The van der Waals surface area contributed by atoms with Crippen LogP contribution in [0.5, 0.6) is 0 Å². The van der Waals surface area contributed by atoms with E-state index in [0.29, 0.717) is 31.2 Å². The second kappa shape index (κ2) is 21.9. The number of unbranched alkanes of at least 4 members (excludes halogenated alkanes) is 2. The first-order valence-electron chi connectivity index (χ1n) is 19.2. The van der Waals surface area contributed by atoms with Crippen molar-refractivity contribution in [2.45, 2.75) is 65.6 Å². The highest BCUT2D eigenvalue weighted by Gasteiger charge is 2.24. The van der Waals surface area contributed by atoms with E-state index in [9.17, 15) is 29.7 Å². The van der Waals surface area contributed by atoms with Gasteiger partial charge in [0.15, 0.2) is 6.29 Å². The maximum absolute atomic E-state index is 12.2. The highest BCUT2D eigenvalue weighted by Crippen LogP contribution is 2.32. The van der Waals surface area contributed by atoms with E-state index in [0.717, 1.165) is 92.2 Å². The zero-order chi connectivity index (χ0) is 41.6. The van der Waals surface area contributed by atoms with Crippen LogP contribution in [-0.4, -0.2) is 132 Å². The van der Waals surface area contributed by atoms with Crippen LogP contribution in [0.4, 0.5) is 11.4 Å². The molecule has 0 aliphatic carbocycles. The number of anilines is 2. The predicted molar refractivity (Wildman–Crippen MR) is 234 cm³/mol. The molecule has 4 aromatic rings. The summed E-state index contributed by atoms with van der Waals surface area (Å²) in [6, 6.07) is 16.2. The fraction of sp³-hybridized carbons (Fsp3) is 0.452. The molecule has 2 aromatic carbocycles. The predicted octanol–water partition coefficient (Wildman–Crippen LogP) is 5.64. The van der Waals surface area contributed by atoms with Crippen LogP contribution in [0.1, 0.15) is 67.9 Å². The summed E-state index contributed by atoms with van der Waals surface area (Å²) in [5.74, 6) is 1.52. The van der Waals surface area contributed by atoms with Gasteiger partial charge in [-0.25, -0.2) is 4.99 Å². The zero-order valence-electron chi connectivity index (χ0n) is 33.7. The van der Waals surface area contributed by atoms with Crippen LogP contribution in [0, 0.1) is 0 Å². The molecule has 2 amide bonds. The molecule has 2 aliphatic rings. The maximum atomic E-state index is 12.2. The SMILES string of the molecule is CC1=NCC(=O)N1C.CCCCN(CC(O)CO)c1ccc2cc(/C=C3/N=C(C)N(C)C3=O)sc2c1.CCCCN(CC(O)CO)c1ccc2cc(C=O)sc2c1. The monoisotopic (exact) mass is 820 g/mol. The first-order valence-corrected chi connectivity index (χ1v) is 20.9. The van der Waals surface area contributed by atoms with Crippen molar-refractivity contribution >= 4 is 90.1 Å². The van der Waals surface area contributed by atoms with Gasteiger partial charge in [0.25, 0.3) is 5.91 Å². The molecular formula is C42H56N6O7S2. The molecule has 0 fully saturated rings. The Balaban J connectivity index is 0.000000217. The minimum absolute atomic E-state index is 0.0839. The second-order valence-electron chi connectivity index (χ2n) is 14.0. The molecule has 4 heterocycles. The number of rotatable bonds is 16. The summed E-state index contributed by atoms with van der Waals surface area (Å²) < 4.78 is 2.18. The standard InChI is InChI=1S/C21H27N3O3S.C16H21NO3S.C5H8N2O/c1-4-5-8-24(12-17(26)13-25)16-7-6-15-9-18(28-20(15)10-16)11-19-21(27)23(3)14(2)22-19;1-2-3-6-17(9-14(20)10-18)13-5-4-12-7-15(11-19)21-16(12)8-13;1-4-6-3-5(8)7(4)2/h6-7,9-11,17,25-26H,4-5,8,12-13H2,1-3H3;4-5,7-8,11,14,18,20H,2-3,6,9-10H2,1H3;3H2,1-2H3/b19-11+;;. The van der Waals surface area contributed by atoms with Crippen molar-refractivity contribution in [1.82, 2.24) is 9.80 Å². The summed E-state index contributed by atoms with van der Waals surface area (Å²) >= 11 is 3.08. The van der Waals surface area contributed by atoms with Gasteiger partial charge >= 0.3 is 0 Å². The Kier molecular flexibility index (Phi) is 17.3. The van der Waals surface area contributed by atoms with Gasteiger partial charge in [0.1, 0.15) is 23.9 Å². The molecule has 2 unspecified atom stereocenters. The molecule has 0 bridgehead atoms. The number of benzene rings is 2. The van der Waals surface area contributed by atoms with E-state index in [1.54, 1.807) is 35.2 Å². The van der Waals surface area contributed by atoms with Crippen molar-refractivity contribution < 1.29 is 34.8 Å². The molecule has 0 saturated carbocycles. The summed E-state index contributed by atoms with van der Waals surface area (Å²) in [6.45, 7) is 10.2. The number of nitrogens with zero attached hydrogens (tertiary/aromatic N) is 6. The summed E-state index contributed by atoms with van der Waals surface area (Å²) in [5.41, 5.74) is 2.50.